The first-order chi connectivity index (χ1) is 22.0. The maximum atomic E-state index is 13.9. The quantitative estimate of drug-likeness (QED) is 0.107. The van der Waals surface area contributed by atoms with Crippen LogP contribution in [0.25, 0.3) is 17.1 Å². The molecule has 2 heterocycles. The molecule has 14 heteroatoms. The summed E-state index contributed by atoms with van der Waals surface area (Å²) < 4.78 is 56.6. The SMILES string of the molecule is CC(C)c1cc(F)ccc1N1C(=O)CS/C1=N\C(=S)NCCCCc1cccc(-c2ncn(-c3ccc(OC(F)(F)F)cc3)n2)c1. The Balaban J connectivity index is 1.12. The number of thioether (sulfide) groups is 1. The Kier molecular flexibility index (Phi) is 10.4. The Morgan fingerprint density at radius 1 is 1.11 bits per heavy atom. The third kappa shape index (κ3) is 8.49. The van der Waals surface area contributed by atoms with Crippen LogP contribution in [0.2, 0.25) is 0 Å². The van der Waals surface area contributed by atoms with Crippen LogP contribution in [0.15, 0.2) is 78.0 Å². The molecule has 1 aliphatic rings. The number of hydrogen-bond acceptors (Lipinski definition) is 6. The molecule has 1 aliphatic heterocycles. The minimum atomic E-state index is -4.75. The second-order valence-electron chi connectivity index (χ2n) is 10.7. The molecule has 240 valence electrons. The van der Waals surface area contributed by atoms with Gasteiger partial charge in [0, 0.05) is 12.1 Å². The number of amidine groups is 1. The van der Waals surface area contributed by atoms with Crippen LogP contribution in [0.1, 0.15) is 43.7 Å². The Hall–Kier alpha value is -4.30. The number of aromatic nitrogens is 3. The molecule has 0 aliphatic carbocycles. The average molecular weight is 671 g/mol. The van der Waals surface area contributed by atoms with E-state index in [0.717, 1.165) is 36.0 Å². The van der Waals surface area contributed by atoms with E-state index in [-0.39, 0.29) is 34.3 Å². The number of carbonyl (C=O) groups excluding carboxylic acids is 1. The lowest BCUT2D eigenvalue weighted by Crippen LogP contribution is -2.32. The number of ether oxygens (including phenoxy) is 1. The molecule has 0 unspecified atom stereocenters. The zero-order valence-electron chi connectivity index (χ0n) is 24.9. The van der Waals surface area contributed by atoms with E-state index in [1.54, 1.807) is 6.07 Å². The summed E-state index contributed by atoms with van der Waals surface area (Å²) in [6, 6.07) is 17.6. The van der Waals surface area contributed by atoms with Crippen molar-refractivity contribution in [2.24, 2.45) is 4.99 Å². The van der Waals surface area contributed by atoms with Crippen molar-refractivity contribution in [2.45, 2.75) is 45.4 Å². The lowest BCUT2D eigenvalue weighted by molar-refractivity contribution is -0.274. The van der Waals surface area contributed by atoms with Crippen LogP contribution in [-0.2, 0) is 11.2 Å². The van der Waals surface area contributed by atoms with E-state index in [1.165, 1.54) is 64.1 Å². The number of benzene rings is 3. The highest BCUT2D eigenvalue weighted by Gasteiger charge is 2.32. The van der Waals surface area contributed by atoms with E-state index in [0.29, 0.717) is 28.9 Å². The molecule has 0 atom stereocenters. The summed E-state index contributed by atoms with van der Waals surface area (Å²) in [5, 5.41) is 8.37. The summed E-state index contributed by atoms with van der Waals surface area (Å²) in [4.78, 5) is 23.1. The van der Waals surface area contributed by atoms with Gasteiger partial charge in [0.05, 0.1) is 17.1 Å². The maximum Gasteiger partial charge on any atom is 0.573 e. The molecule has 0 spiro atoms. The number of carbonyl (C=O) groups is 1. The predicted molar refractivity (Wildman–Crippen MR) is 175 cm³/mol. The molecule has 1 saturated heterocycles. The summed E-state index contributed by atoms with van der Waals surface area (Å²) in [6.07, 6.45) is -0.756. The van der Waals surface area contributed by atoms with Gasteiger partial charge in [0.15, 0.2) is 16.1 Å². The van der Waals surface area contributed by atoms with E-state index in [1.807, 2.05) is 38.1 Å². The Morgan fingerprint density at radius 2 is 1.89 bits per heavy atom. The maximum absolute atomic E-state index is 13.9. The van der Waals surface area contributed by atoms with Gasteiger partial charge in [-0.25, -0.2) is 14.1 Å². The molecule has 4 aromatic rings. The third-order valence-electron chi connectivity index (χ3n) is 7.00. The van der Waals surface area contributed by atoms with Crippen molar-refractivity contribution in [3.63, 3.8) is 0 Å². The number of nitrogens with one attached hydrogen (secondary N) is 1. The first kappa shape index (κ1) is 33.1. The normalized spacial score (nSPS) is 14.4. The molecule has 1 aromatic heterocycles. The molecule has 46 heavy (non-hydrogen) atoms. The summed E-state index contributed by atoms with van der Waals surface area (Å²) in [6.45, 7) is 4.49. The van der Waals surface area contributed by atoms with E-state index < -0.39 is 6.36 Å². The van der Waals surface area contributed by atoms with Gasteiger partial charge in [-0.3, -0.25) is 9.69 Å². The van der Waals surface area contributed by atoms with Gasteiger partial charge in [-0.1, -0.05) is 43.8 Å². The molecule has 1 N–H and O–H groups in total. The highest BCUT2D eigenvalue weighted by atomic mass is 32.2. The van der Waals surface area contributed by atoms with E-state index >= 15 is 0 Å². The van der Waals surface area contributed by atoms with Gasteiger partial charge in [-0.2, -0.15) is 4.99 Å². The zero-order valence-corrected chi connectivity index (χ0v) is 26.6. The molecule has 0 saturated carbocycles. The number of aliphatic imine (C=N–C) groups is 1. The van der Waals surface area contributed by atoms with Crippen molar-refractivity contribution in [1.82, 2.24) is 20.1 Å². The lowest BCUT2D eigenvalue weighted by atomic mass is 10.0. The first-order valence-corrected chi connectivity index (χ1v) is 15.8. The Labute approximate surface area is 272 Å². The number of amides is 1. The summed E-state index contributed by atoms with van der Waals surface area (Å²) in [5.74, 6) is -0.0558. The highest BCUT2D eigenvalue weighted by Crippen LogP contribution is 2.34. The van der Waals surface area contributed by atoms with Crippen molar-refractivity contribution in [3.05, 3.63) is 90.0 Å². The topological polar surface area (TPSA) is 84.6 Å². The lowest BCUT2D eigenvalue weighted by Gasteiger charge is -2.21. The number of nitrogens with zero attached hydrogens (tertiary/aromatic N) is 5. The van der Waals surface area contributed by atoms with E-state index in [9.17, 15) is 22.4 Å². The van der Waals surface area contributed by atoms with E-state index in [4.69, 9.17) is 12.2 Å². The van der Waals surface area contributed by atoms with Gasteiger partial charge < -0.3 is 10.1 Å². The van der Waals surface area contributed by atoms with Crippen LogP contribution in [-0.4, -0.2) is 49.6 Å². The molecule has 5 rings (SSSR count). The number of thiocarbonyl (C=S) groups is 1. The van der Waals surface area contributed by atoms with Gasteiger partial charge in [0.2, 0.25) is 5.91 Å². The smallest absolute Gasteiger partial charge is 0.406 e. The van der Waals surface area contributed by atoms with Crippen molar-refractivity contribution in [2.75, 3.05) is 17.2 Å². The van der Waals surface area contributed by atoms with Gasteiger partial charge in [0.25, 0.3) is 0 Å². The standard InChI is InChI=1S/C32H30F4N6O2S2/c1-20(2)26-17-23(33)9-14-27(26)42-28(43)18-46-31(42)39-30(45)37-15-4-3-6-21-7-5-8-22(16-21)29-38-19-41(40-29)24-10-12-25(13-11-24)44-32(34,35)36/h5,7-14,16-17,19-20H,3-4,6,15,18H2,1-2H3,(H,37,45)/b39-31-. The summed E-state index contributed by atoms with van der Waals surface area (Å²) in [7, 11) is 0. The number of unbranched alkanes of at least 4 members (excludes halogenated alkanes) is 1. The predicted octanol–water partition coefficient (Wildman–Crippen LogP) is 7.43. The van der Waals surface area contributed by atoms with Gasteiger partial charge >= 0.3 is 6.36 Å². The number of halogens is 4. The molecule has 0 bridgehead atoms. The van der Waals surface area contributed by atoms with Crippen molar-refractivity contribution >= 4 is 45.9 Å². The average Bonchev–Trinajstić information content (AvgIpc) is 3.64. The number of hydrogen-bond donors (Lipinski definition) is 1. The summed E-state index contributed by atoms with van der Waals surface area (Å²) in [5.41, 5.74) is 3.80. The van der Waals surface area contributed by atoms with E-state index in [2.05, 4.69) is 25.1 Å². The largest absolute Gasteiger partial charge is 0.573 e. The molecular formula is C32H30F4N6O2S2. The van der Waals surface area contributed by atoms with Crippen molar-refractivity contribution < 1.29 is 27.1 Å². The fourth-order valence-corrected chi connectivity index (χ4v) is 5.95. The minimum absolute atomic E-state index is 0.0147. The van der Waals surface area contributed by atoms with Gasteiger partial charge in [-0.05, 0) is 97.1 Å². The molecule has 1 amide bonds. The van der Waals surface area contributed by atoms with Crippen LogP contribution in [0.3, 0.4) is 0 Å². The molecule has 1 fully saturated rings. The first-order valence-electron chi connectivity index (χ1n) is 14.5. The molecule has 8 nitrogen and oxygen atoms in total. The molecule has 0 radical (unpaired) electrons. The van der Waals surface area contributed by atoms with Crippen molar-refractivity contribution in [1.29, 1.82) is 0 Å². The van der Waals surface area contributed by atoms with Crippen LogP contribution in [0, 0.1) is 5.82 Å². The van der Waals surface area contributed by atoms with Gasteiger partial charge in [0.1, 0.15) is 17.9 Å². The number of anilines is 1. The van der Waals surface area contributed by atoms with Crippen LogP contribution >= 0.6 is 24.0 Å². The van der Waals surface area contributed by atoms with Crippen LogP contribution < -0.4 is 15.0 Å². The fraction of sp³-hybridized carbons (Fsp3) is 0.281. The summed E-state index contributed by atoms with van der Waals surface area (Å²) >= 11 is 6.74. The monoisotopic (exact) mass is 670 g/mol. The van der Waals surface area contributed by atoms with Crippen LogP contribution in [0.5, 0.6) is 5.75 Å². The second kappa shape index (κ2) is 14.4. The van der Waals surface area contributed by atoms with Gasteiger partial charge in [-0.15, -0.1) is 18.3 Å². The Morgan fingerprint density at radius 3 is 2.63 bits per heavy atom. The minimum Gasteiger partial charge on any atom is -0.406 e. The van der Waals surface area contributed by atoms with Crippen molar-refractivity contribution in [3.8, 4) is 22.8 Å². The zero-order chi connectivity index (χ0) is 32.8. The third-order valence-corrected chi connectivity index (χ3v) is 8.15. The second-order valence-corrected chi connectivity index (χ2v) is 12.0. The number of rotatable bonds is 10. The fourth-order valence-electron chi connectivity index (χ4n) is 4.84. The Bertz CT molecular complexity index is 1740. The molecule has 3 aromatic carbocycles. The number of alkyl halides is 3. The molecular weight excluding hydrogens is 641 g/mol. The van der Waals surface area contributed by atoms with Crippen LogP contribution in [0.4, 0.5) is 23.2 Å². The number of aryl methyl sites for hydroxylation is 1. The highest BCUT2D eigenvalue weighted by molar-refractivity contribution is 8.15.